The zero-order valence-electron chi connectivity index (χ0n) is 22.9. The molecule has 0 radical (unpaired) electrons. The molecule has 0 saturated heterocycles. The third kappa shape index (κ3) is 9.92. The van der Waals surface area contributed by atoms with Gasteiger partial charge in [-0.3, -0.25) is 4.31 Å². The maximum atomic E-state index is 12.9. The third-order valence-electron chi connectivity index (χ3n) is 4.74. The van der Waals surface area contributed by atoms with Crippen LogP contribution in [0.4, 0.5) is 15.3 Å². The molecule has 0 spiro atoms. The normalized spacial score (nSPS) is 11.9. The highest BCUT2D eigenvalue weighted by molar-refractivity contribution is 7.92. The molecule has 0 unspecified atom stereocenters. The summed E-state index contributed by atoms with van der Waals surface area (Å²) in [6.07, 6.45) is -0.127. The van der Waals surface area contributed by atoms with E-state index in [1.54, 1.807) is 54.7 Å². The fraction of sp³-hybridized carbons (Fsp3) is 0.625. The van der Waals surface area contributed by atoms with Crippen LogP contribution in [0, 0.1) is 0 Å². The molecule has 0 aromatic heterocycles. The van der Waals surface area contributed by atoms with E-state index < -0.39 is 39.4 Å². The van der Waals surface area contributed by atoms with Gasteiger partial charge in [-0.15, -0.1) is 0 Å². The average Bonchev–Trinajstić information content (AvgIpc) is 2.71. The van der Waals surface area contributed by atoms with Crippen LogP contribution in [0.1, 0.15) is 57.5 Å². The van der Waals surface area contributed by atoms with Gasteiger partial charge in [-0.05, 0) is 59.2 Å². The van der Waals surface area contributed by atoms with Gasteiger partial charge in [0.2, 0.25) is 10.0 Å². The molecule has 0 N–H and O–H groups in total. The van der Waals surface area contributed by atoms with Crippen LogP contribution in [0.25, 0.3) is 0 Å². The van der Waals surface area contributed by atoms with E-state index in [1.165, 1.54) is 36.1 Å². The third-order valence-corrected chi connectivity index (χ3v) is 5.93. The lowest BCUT2D eigenvalue weighted by Gasteiger charge is -2.30. The summed E-state index contributed by atoms with van der Waals surface area (Å²) in [5.41, 5.74) is -0.723. The Morgan fingerprint density at radius 2 is 1.42 bits per heavy atom. The van der Waals surface area contributed by atoms with Crippen molar-refractivity contribution in [1.82, 2.24) is 9.80 Å². The monoisotopic (exact) mass is 529 g/mol. The van der Waals surface area contributed by atoms with Crippen molar-refractivity contribution in [2.24, 2.45) is 0 Å². The molecule has 12 heteroatoms. The first-order valence-corrected chi connectivity index (χ1v) is 13.2. The number of amides is 2. The molecule has 0 aliphatic rings. The number of hydrogen-bond acceptors (Lipinski definition) is 8. The molecule has 0 atom stereocenters. The van der Waals surface area contributed by atoms with Crippen molar-refractivity contribution in [2.45, 2.75) is 59.3 Å². The summed E-state index contributed by atoms with van der Waals surface area (Å²) in [6.45, 7) is 10.8. The smallest absolute Gasteiger partial charge is 0.410 e. The van der Waals surface area contributed by atoms with Crippen molar-refractivity contribution < 1.29 is 37.0 Å². The van der Waals surface area contributed by atoms with Gasteiger partial charge in [0.05, 0.1) is 24.6 Å². The summed E-state index contributed by atoms with van der Waals surface area (Å²) >= 11 is 0. The van der Waals surface area contributed by atoms with E-state index in [0.717, 1.165) is 10.6 Å². The fourth-order valence-electron chi connectivity index (χ4n) is 2.89. The van der Waals surface area contributed by atoms with Gasteiger partial charge in [0.25, 0.3) is 0 Å². The number of anilines is 1. The van der Waals surface area contributed by atoms with E-state index in [0.29, 0.717) is 5.56 Å². The molecule has 1 aromatic rings. The number of sulfonamides is 1. The molecule has 0 aliphatic carbocycles. The van der Waals surface area contributed by atoms with E-state index in [4.69, 9.17) is 14.2 Å². The minimum absolute atomic E-state index is 0.0259. The first-order chi connectivity index (χ1) is 16.2. The van der Waals surface area contributed by atoms with Crippen LogP contribution < -0.4 is 4.31 Å². The predicted octanol–water partition coefficient (Wildman–Crippen LogP) is 3.47. The summed E-state index contributed by atoms with van der Waals surface area (Å²) in [7, 11) is 0.447. The maximum Gasteiger partial charge on any atom is 0.410 e. The second-order valence-electron chi connectivity index (χ2n) is 10.4. The van der Waals surface area contributed by atoms with Gasteiger partial charge in [0, 0.05) is 33.7 Å². The number of esters is 1. The number of hydrogen-bond donors (Lipinski definition) is 0. The molecule has 0 heterocycles. The van der Waals surface area contributed by atoms with Crippen molar-refractivity contribution in [3.05, 3.63) is 29.3 Å². The molecule has 0 saturated carbocycles. The molecule has 2 amide bonds. The number of carbonyl (C=O) groups is 3. The Labute approximate surface area is 214 Å². The Balaban J connectivity index is 3.27. The van der Waals surface area contributed by atoms with Crippen LogP contribution in [0.2, 0.25) is 0 Å². The number of benzene rings is 1. The van der Waals surface area contributed by atoms with Gasteiger partial charge >= 0.3 is 18.2 Å². The van der Waals surface area contributed by atoms with Gasteiger partial charge < -0.3 is 24.0 Å². The summed E-state index contributed by atoms with van der Waals surface area (Å²) in [6, 6.07) is 4.55. The molecule has 0 aliphatic heterocycles. The minimum atomic E-state index is -3.64. The van der Waals surface area contributed by atoms with Gasteiger partial charge in [-0.25, -0.2) is 22.8 Å². The van der Waals surface area contributed by atoms with E-state index in [-0.39, 0.29) is 30.9 Å². The van der Waals surface area contributed by atoms with E-state index in [9.17, 15) is 22.8 Å². The molecule has 0 fully saturated rings. The average molecular weight is 530 g/mol. The topological polar surface area (TPSA) is 123 Å². The fourth-order valence-corrected chi connectivity index (χ4v) is 3.41. The standard InChI is InChI=1S/C24H39N3O8S/c1-23(2,3)34-21(29)25(7)13-14-27(22(30)35-24(4,5)6)16-17-11-12-19(26(8)36(10,31)32)18(15-17)20(28)33-9/h11-12,15H,13-14,16H2,1-10H3. The number of ether oxygens (including phenoxy) is 3. The van der Waals surface area contributed by atoms with Crippen LogP contribution in [0.3, 0.4) is 0 Å². The Hall–Kier alpha value is -3.02. The van der Waals surface area contributed by atoms with Crippen molar-refractivity contribution >= 4 is 33.9 Å². The summed E-state index contributed by atoms with van der Waals surface area (Å²) in [5.74, 6) is -0.726. The Bertz CT molecular complexity index is 1060. The van der Waals surface area contributed by atoms with Crippen LogP contribution in [-0.2, 0) is 30.8 Å². The van der Waals surface area contributed by atoms with E-state index >= 15 is 0 Å². The summed E-state index contributed by atoms with van der Waals surface area (Å²) in [4.78, 5) is 40.4. The van der Waals surface area contributed by atoms with Gasteiger partial charge in [0.1, 0.15) is 11.2 Å². The van der Waals surface area contributed by atoms with Crippen LogP contribution in [0.5, 0.6) is 0 Å². The first kappa shape index (κ1) is 31.0. The Morgan fingerprint density at radius 1 is 0.889 bits per heavy atom. The molecule has 1 rings (SSSR count). The molecular formula is C24H39N3O8S. The largest absolute Gasteiger partial charge is 0.465 e. The van der Waals surface area contributed by atoms with Crippen molar-refractivity contribution in [3.8, 4) is 0 Å². The lowest BCUT2D eigenvalue weighted by Crippen LogP contribution is -2.42. The SMILES string of the molecule is COC(=O)c1cc(CN(CCN(C)C(=O)OC(C)(C)C)C(=O)OC(C)(C)C)ccc1N(C)S(C)(=O)=O. The number of carbonyl (C=O) groups excluding carboxylic acids is 3. The highest BCUT2D eigenvalue weighted by Gasteiger charge is 2.26. The second kappa shape index (κ2) is 11.8. The zero-order chi connectivity index (χ0) is 28.1. The molecule has 36 heavy (non-hydrogen) atoms. The molecule has 11 nitrogen and oxygen atoms in total. The lowest BCUT2D eigenvalue weighted by atomic mass is 10.1. The molecule has 0 bridgehead atoms. The summed E-state index contributed by atoms with van der Waals surface area (Å²) in [5, 5.41) is 0. The Kier molecular flexibility index (Phi) is 10.2. The first-order valence-electron chi connectivity index (χ1n) is 11.3. The van der Waals surface area contributed by atoms with E-state index in [2.05, 4.69) is 0 Å². The summed E-state index contributed by atoms with van der Waals surface area (Å²) < 4.78 is 40.8. The zero-order valence-corrected chi connectivity index (χ0v) is 23.7. The highest BCUT2D eigenvalue weighted by atomic mass is 32.2. The van der Waals surface area contributed by atoms with Gasteiger partial charge in [-0.2, -0.15) is 0 Å². The highest BCUT2D eigenvalue weighted by Crippen LogP contribution is 2.25. The molecule has 1 aromatic carbocycles. The van der Waals surface area contributed by atoms with Gasteiger partial charge in [-0.1, -0.05) is 6.07 Å². The quantitative estimate of drug-likeness (QED) is 0.371. The van der Waals surface area contributed by atoms with Crippen LogP contribution in [0.15, 0.2) is 18.2 Å². The second-order valence-corrected chi connectivity index (χ2v) is 12.4. The number of nitrogens with zero attached hydrogens (tertiary/aromatic N) is 3. The maximum absolute atomic E-state index is 12.9. The number of likely N-dealkylation sites (N-methyl/N-ethyl adjacent to an activating group) is 1. The van der Waals surface area contributed by atoms with Crippen LogP contribution >= 0.6 is 0 Å². The van der Waals surface area contributed by atoms with Crippen LogP contribution in [-0.4, -0.2) is 88.1 Å². The molecular weight excluding hydrogens is 490 g/mol. The number of methoxy groups -OCH3 is 1. The van der Waals surface area contributed by atoms with E-state index in [1.807, 2.05) is 0 Å². The van der Waals surface area contributed by atoms with Crippen molar-refractivity contribution in [2.75, 3.05) is 44.9 Å². The molecule has 204 valence electrons. The lowest BCUT2D eigenvalue weighted by molar-refractivity contribution is 0.0152. The van der Waals surface area contributed by atoms with Gasteiger partial charge in [0.15, 0.2) is 0 Å². The Morgan fingerprint density at radius 3 is 1.89 bits per heavy atom. The predicted molar refractivity (Wildman–Crippen MR) is 137 cm³/mol. The van der Waals surface area contributed by atoms with Crippen molar-refractivity contribution in [1.29, 1.82) is 0 Å². The minimum Gasteiger partial charge on any atom is -0.465 e. The van der Waals surface area contributed by atoms with Crippen molar-refractivity contribution in [3.63, 3.8) is 0 Å². The number of rotatable bonds is 8.